The van der Waals surface area contributed by atoms with Crippen LogP contribution in [0, 0.1) is 0 Å². The van der Waals surface area contributed by atoms with Gasteiger partial charge in [-0.25, -0.2) is 9.97 Å². The number of carbonyl (C=O) groups excluding carboxylic acids is 1. The zero-order valence-electron chi connectivity index (χ0n) is 12.7. The number of rotatable bonds is 2. The number of carbonyl (C=O) groups is 1. The van der Waals surface area contributed by atoms with E-state index in [0.29, 0.717) is 6.54 Å². The van der Waals surface area contributed by atoms with E-state index in [1.165, 1.54) is 5.56 Å². The standard InChI is InChI=1S/C15H22N4O2/c1-18(2)14-16-8-11-4-6-15(13(11)17-14)5-3-7-19(10-15)12(21)9-20/h8,20H,3-7,9-10H2,1-2H3. The summed E-state index contributed by atoms with van der Waals surface area (Å²) in [6, 6.07) is 0. The Morgan fingerprint density at radius 2 is 2.29 bits per heavy atom. The van der Waals surface area contributed by atoms with E-state index in [1.54, 1.807) is 4.90 Å². The van der Waals surface area contributed by atoms with E-state index in [-0.39, 0.29) is 11.3 Å². The van der Waals surface area contributed by atoms with Crippen molar-refractivity contribution in [1.82, 2.24) is 14.9 Å². The van der Waals surface area contributed by atoms with Gasteiger partial charge < -0.3 is 14.9 Å². The monoisotopic (exact) mass is 290 g/mol. The molecule has 2 heterocycles. The van der Waals surface area contributed by atoms with Crippen molar-refractivity contribution in [2.45, 2.75) is 31.1 Å². The van der Waals surface area contributed by atoms with Gasteiger partial charge in [0.25, 0.3) is 0 Å². The molecule has 1 saturated heterocycles. The molecule has 6 nitrogen and oxygen atoms in total. The van der Waals surface area contributed by atoms with Crippen LogP contribution in [0.15, 0.2) is 6.20 Å². The molecule has 0 bridgehead atoms. The van der Waals surface area contributed by atoms with Crippen LogP contribution in [0.2, 0.25) is 0 Å². The lowest BCUT2D eigenvalue weighted by Crippen LogP contribution is -2.48. The molecule has 0 radical (unpaired) electrons. The van der Waals surface area contributed by atoms with Crippen molar-refractivity contribution in [2.75, 3.05) is 38.7 Å². The molecule has 3 rings (SSSR count). The average Bonchev–Trinajstić information content (AvgIpc) is 2.84. The van der Waals surface area contributed by atoms with Gasteiger partial charge in [-0.1, -0.05) is 0 Å². The highest BCUT2D eigenvalue weighted by Crippen LogP contribution is 2.44. The van der Waals surface area contributed by atoms with E-state index in [9.17, 15) is 4.79 Å². The second-order valence-corrected chi connectivity index (χ2v) is 6.30. The molecule has 1 unspecified atom stereocenters. The van der Waals surface area contributed by atoms with Gasteiger partial charge in [0.1, 0.15) is 6.61 Å². The fourth-order valence-electron chi connectivity index (χ4n) is 3.59. The summed E-state index contributed by atoms with van der Waals surface area (Å²) < 4.78 is 0. The smallest absolute Gasteiger partial charge is 0.248 e. The van der Waals surface area contributed by atoms with E-state index in [2.05, 4.69) is 4.98 Å². The van der Waals surface area contributed by atoms with Crippen molar-refractivity contribution in [3.63, 3.8) is 0 Å². The number of aromatic nitrogens is 2. The van der Waals surface area contributed by atoms with Crippen molar-refractivity contribution in [3.05, 3.63) is 17.5 Å². The van der Waals surface area contributed by atoms with Gasteiger partial charge in [-0.15, -0.1) is 0 Å². The first-order chi connectivity index (χ1) is 10.1. The average molecular weight is 290 g/mol. The van der Waals surface area contributed by atoms with Crippen molar-refractivity contribution < 1.29 is 9.90 Å². The Kier molecular flexibility index (Phi) is 3.57. The summed E-state index contributed by atoms with van der Waals surface area (Å²) in [5, 5.41) is 9.11. The highest BCUT2D eigenvalue weighted by molar-refractivity contribution is 5.77. The summed E-state index contributed by atoms with van der Waals surface area (Å²) in [6.45, 7) is 1.00. The summed E-state index contributed by atoms with van der Waals surface area (Å²) in [5.41, 5.74) is 2.27. The number of aliphatic hydroxyl groups excluding tert-OH is 1. The zero-order chi connectivity index (χ0) is 15.0. The van der Waals surface area contributed by atoms with Crippen LogP contribution in [0.4, 0.5) is 5.95 Å². The second-order valence-electron chi connectivity index (χ2n) is 6.30. The van der Waals surface area contributed by atoms with Crippen molar-refractivity contribution in [3.8, 4) is 0 Å². The highest BCUT2D eigenvalue weighted by Gasteiger charge is 2.44. The summed E-state index contributed by atoms with van der Waals surface area (Å²) in [7, 11) is 3.87. The van der Waals surface area contributed by atoms with Gasteiger partial charge in [-0.2, -0.15) is 0 Å². The molecule has 6 heteroatoms. The molecule has 0 aromatic carbocycles. The number of likely N-dealkylation sites (tertiary alicyclic amines) is 1. The fourth-order valence-corrected chi connectivity index (χ4v) is 3.59. The van der Waals surface area contributed by atoms with Crippen LogP contribution in [0.1, 0.15) is 30.5 Å². The first kappa shape index (κ1) is 14.3. The predicted octanol–water partition coefficient (Wildman–Crippen LogP) is 0.341. The van der Waals surface area contributed by atoms with E-state index < -0.39 is 6.61 Å². The maximum Gasteiger partial charge on any atom is 0.248 e. The minimum absolute atomic E-state index is 0.0495. The molecule has 1 aliphatic heterocycles. The SMILES string of the molecule is CN(C)c1ncc2c(n1)C1(CCCN(C(=O)CO)C1)CC2. The first-order valence-electron chi connectivity index (χ1n) is 7.48. The number of aryl methyl sites for hydroxylation is 1. The lowest BCUT2D eigenvalue weighted by Gasteiger charge is -2.40. The third kappa shape index (κ3) is 2.37. The van der Waals surface area contributed by atoms with E-state index in [1.807, 2.05) is 25.2 Å². The van der Waals surface area contributed by atoms with Gasteiger partial charge in [0, 0.05) is 38.8 Å². The fraction of sp³-hybridized carbons (Fsp3) is 0.667. The molecule has 2 aliphatic rings. The highest BCUT2D eigenvalue weighted by atomic mass is 16.3. The van der Waals surface area contributed by atoms with Crippen LogP contribution in [-0.2, 0) is 16.6 Å². The number of amides is 1. The van der Waals surface area contributed by atoms with Crippen LogP contribution in [0.25, 0.3) is 0 Å². The third-order valence-corrected chi connectivity index (χ3v) is 4.69. The maximum absolute atomic E-state index is 11.8. The normalized spacial score (nSPS) is 24.2. The third-order valence-electron chi connectivity index (χ3n) is 4.69. The van der Waals surface area contributed by atoms with Gasteiger partial charge >= 0.3 is 0 Å². The van der Waals surface area contributed by atoms with Crippen molar-refractivity contribution >= 4 is 11.9 Å². The minimum Gasteiger partial charge on any atom is -0.387 e. The Hall–Kier alpha value is -1.69. The minimum atomic E-state index is -0.407. The molecule has 114 valence electrons. The summed E-state index contributed by atoms with van der Waals surface area (Å²) in [4.78, 5) is 24.7. The topological polar surface area (TPSA) is 69.6 Å². The Labute approximate surface area is 124 Å². The molecule has 1 aromatic rings. The molecule has 1 aromatic heterocycles. The first-order valence-corrected chi connectivity index (χ1v) is 7.48. The van der Waals surface area contributed by atoms with Gasteiger partial charge in [-0.05, 0) is 31.2 Å². The van der Waals surface area contributed by atoms with Crippen LogP contribution in [0.5, 0.6) is 0 Å². The Bertz CT molecular complexity index is 557. The van der Waals surface area contributed by atoms with Gasteiger partial charge in [0.05, 0.1) is 5.69 Å². The number of nitrogens with zero attached hydrogens (tertiary/aromatic N) is 4. The van der Waals surface area contributed by atoms with E-state index in [4.69, 9.17) is 10.1 Å². The number of piperidine rings is 1. The molecular formula is C15H22N4O2. The number of anilines is 1. The number of fused-ring (bicyclic) bond motifs is 2. The van der Waals surface area contributed by atoms with Crippen LogP contribution in [0.3, 0.4) is 0 Å². The zero-order valence-corrected chi connectivity index (χ0v) is 12.7. The van der Waals surface area contributed by atoms with Crippen molar-refractivity contribution in [1.29, 1.82) is 0 Å². The number of aliphatic hydroxyl groups is 1. The quantitative estimate of drug-likeness (QED) is 0.850. The summed E-state index contributed by atoms with van der Waals surface area (Å²) in [6.07, 6.45) is 5.94. The maximum atomic E-state index is 11.8. The Balaban J connectivity index is 1.94. The largest absolute Gasteiger partial charge is 0.387 e. The Morgan fingerprint density at radius 1 is 1.48 bits per heavy atom. The van der Waals surface area contributed by atoms with Gasteiger partial charge in [0.2, 0.25) is 11.9 Å². The lowest BCUT2D eigenvalue weighted by molar-refractivity contribution is -0.136. The molecule has 1 aliphatic carbocycles. The molecule has 0 saturated carbocycles. The van der Waals surface area contributed by atoms with E-state index >= 15 is 0 Å². The number of hydrogen-bond acceptors (Lipinski definition) is 5. The second kappa shape index (κ2) is 5.26. The summed E-state index contributed by atoms with van der Waals surface area (Å²) >= 11 is 0. The molecular weight excluding hydrogens is 268 g/mol. The molecule has 1 atom stereocenters. The molecule has 1 N–H and O–H groups in total. The van der Waals surface area contributed by atoms with Gasteiger partial charge in [0.15, 0.2) is 0 Å². The van der Waals surface area contributed by atoms with Crippen LogP contribution >= 0.6 is 0 Å². The van der Waals surface area contributed by atoms with Crippen LogP contribution < -0.4 is 4.90 Å². The number of hydrogen-bond donors (Lipinski definition) is 1. The van der Waals surface area contributed by atoms with Gasteiger partial charge in [-0.3, -0.25) is 4.79 Å². The predicted molar refractivity (Wildman–Crippen MR) is 79.3 cm³/mol. The Morgan fingerprint density at radius 3 is 3.00 bits per heavy atom. The molecule has 21 heavy (non-hydrogen) atoms. The molecule has 1 fully saturated rings. The molecule has 1 spiro atoms. The van der Waals surface area contributed by atoms with E-state index in [0.717, 1.165) is 43.9 Å². The molecule has 1 amide bonds. The summed E-state index contributed by atoms with van der Waals surface area (Å²) in [5.74, 6) is 0.546. The lowest BCUT2D eigenvalue weighted by atomic mass is 9.77. The van der Waals surface area contributed by atoms with Crippen molar-refractivity contribution in [2.24, 2.45) is 0 Å². The van der Waals surface area contributed by atoms with Crippen LogP contribution in [-0.4, -0.2) is 59.7 Å².